The Labute approximate surface area is 99.1 Å². The molecule has 0 fully saturated rings. The minimum atomic E-state index is -0.303. The molecule has 0 atom stereocenters. The lowest BCUT2D eigenvalue weighted by Gasteiger charge is -2.06. The van der Waals surface area contributed by atoms with Crippen molar-refractivity contribution >= 4 is 43.6 Å². The van der Waals surface area contributed by atoms with Crippen molar-refractivity contribution in [2.45, 2.75) is 0 Å². The first kappa shape index (κ1) is 10.4. The number of anilines is 3. The first-order valence-electron chi connectivity index (χ1n) is 4.22. The van der Waals surface area contributed by atoms with Gasteiger partial charge in [-0.25, -0.2) is 4.39 Å². The second kappa shape index (κ2) is 4.20. The van der Waals surface area contributed by atoms with Crippen LogP contribution in [-0.4, -0.2) is 0 Å². The van der Waals surface area contributed by atoms with Crippen LogP contribution in [0.15, 0.2) is 34.1 Å². The maximum atomic E-state index is 13.0. The second-order valence-electron chi connectivity index (χ2n) is 2.96. The van der Waals surface area contributed by atoms with Crippen molar-refractivity contribution in [1.29, 1.82) is 0 Å². The monoisotopic (exact) mass is 286 g/mol. The highest BCUT2D eigenvalue weighted by Gasteiger charge is 2.03. The molecule has 2 rings (SSSR count). The molecule has 0 unspecified atom stereocenters. The van der Waals surface area contributed by atoms with E-state index in [2.05, 4.69) is 21.2 Å². The van der Waals surface area contributed by atoms with Gasteiger partial charge in [0.2, 0.25) is 0 Å². The number of nitrogen functional groups attached to an aromatic ring is 1. The van der Waals surface area contributed by atoms with Crippen molar-refractivity contribution in [3.8, 4) is 0 Å². The highest BCUT2D eigenvalue weighted by Crippen LogP contribution is 2.31. The van der Waals surface area contributed by atoms with E-state index >= 15 is 0 Å². The first-order valence-corrected chi connectivity index (χ1v) is 5.83. The molecular weight excluding hydrogens is 279 g/mol. The summed E-state index contributed by atoms with van der Waals surface area (Å²) >= 11 is 4.88. The van der Waals surface area contributed by atoms with Crippen LogP contribution in [0.2, 0.25) is 0 Å². The number of nitrogens with two attached hydrogens (primary N) is 1. The highest BCUT2D eigenvalue weighted by molar-refractivity contribution is 9.11. The lowest BCUT2D eigenvalue weighted by atomic mass is 10.2. The molecule has 1 aromatic heterocycles. The predicted molar refractivity (Wildman–Crippen MR) is 66.1 cm³/mol. The van der Waals surface area contributed by atoms with E-state index in [1.807, 2.05) is 12.1 Å². The molecule has 1 aromatic carbocycles. The average molecular weight is 287 g/mol. The predicted octanol–water partition coefficient (Wildman–Crippen LogP) is 3.98. The van der Waals surface area contributed by atoms with Crippen molar-refractivity contribution < 1.29 is 4.39 Å². The number of hydrogen-bond acceptors (Lipinski definition) is 3. The largest absolute Gasteiger partial charge is 0.397 e. The van der Waals surface area contributed by atoms with E-state index in [1.165, 1.54) is 23.5 Å². The van der Waals surface area contributed by atoms with Gasteiger partial charge in [-0.3, -0.25) is 0 Å². The molecule has 3 N–H and O–H groups in total. The van der Waals surface area contributed by atoms with Crippen LogP contribution in [0.25, 0.3) is 0 Å². The number of benzene rings is 1. The van der Waals surface area contributed by atoms with Crippen LogP contribution in [0.3, 0.4) is 0 Å². The van der Waals surface area contributed by atoms with Gasteiger partial charge >= 0.3 is 0 Å². The average Bonchev–Trinajstić information content (AvgIpc) is 2.58. The van der Waals surface area contributed by atoms with Gasteiger partial charge in [0.25, 0.3) is 0 Å². The zero-order chi connectivity index (χ0) is 10.8. The molecule has 5 heteroatoms. The van der Waals surface area contributed by atoms with Gasteiger partial charge in [-0.05, 0) is 46.3 Å². The minimum absolute atomic E-state index is 0.303. The molecule has 0 amide bonds. The third-order valence-corrected chi connectivity index (χ3v) is 3.39. The maximum absolute atomic E-state index is 13.0. The fraction of sp³-hybridized carbons (Fsp3) is 0. The molecule has 0 radical (unpaired) electrons. The van der Waals surface area contributed by atoms with Gasteiger partial charge in [0.05, 0.1) is 20.2 Å². The molecule has 0 bridgehead atoms. The van der Waals surface area contributed by atoms with E-state index in [1.54, 1.807) is 6.07 Å². The molecule has 78 valence electrons. The molecule has 2 nitrogen and oxygen atoms in total. The summed E-state index contributed by atoms with van der Waals surface area (Å²) in [6.07, 6.45) is 0. The molecule has 0 aliphatic rings. The number of hydrogen-bond donors (Lipinski definition) is 2. The molecule has 1 heterocycles. The standard InChI is InChI=1S/C10H8BrFN2S/c11-9-3-4-10(15-9)14-8-5-6(12)1-2-7(8)13/h1-5,14H,13H2. The Balaban J connectivity index is 2.27. The Kier molecular flexibility index (Phi) is 2.93. The van der Waals surface area contributed by atoms with Crippen molar-refractivity contribution in [3.05, 3.63) is 39.9 Å². The Bertz CT molecular complexity index is 484. The van der Waals surface area contributed by atoms with Gasteiger partial charge < -0.3 is 11.1 Å². The summed E-state index contributed by atoms with van der Waals surface area (Å²) in [7, 11) is 0. The Morgan fingerprint density at radius 3 is 2.73 bits per heavy atom. The van der Waals surface area contributed by atoms with Gasteiger partial charge in [-0.15, -0.1) is 11.3 Å². The SMILES string of the molecule is Nc1ccc(F)cc1Nc1ccc(Br)s1. The lowest BCUT2D eigenvalue weighted by Crippen LogP contribution is -1.95. The van der Waals surface area contributed by atoms with E-state index in [9.17, 15) is 4.39 Å². The van der Waals surface area contributed by atoms with E-state index in [0.717, 1.165) is 8.79 Å². The minimum Gasteiger partial charge on any atom is -0.397 e. The smallest absolute Gasteiger partial charge is 0.125 e. The molecular formula is C10H8BrFN2S. The van der Waals surface area contributed by atoms with Crippen molar-refractivity contribution in [2.75, 3.05) is 11.1 Å². The maximum Gasteiger partial charge on any atom is 0.125 e. The Morgan fingerprint density at radius 1 is 1.27 bits per heavy atom. The molecule has 0 aliphatic carbocycles. The van der Waals surface area contributed by atoms with Gasteiger partial charge in [-0.2, -0.15) is 0 Å². The van der Waals surface area contributed by atoms with Crippen LogP contribution in [0.1, 0.15) is 0 Å². The summed E-state index contributed by atoms with van der Waals surface area (Å²) in [6.45, 7) is 0. The number of nitrogens with one attached hydrogen (secondary N) is 1. The zero-order valence-corrected chi connectivity index (χ0v) is 10.0. The van der Waals surface area contributed by atoms with Crippen LogP contribution in [0.5, 0.6) is 0 Å². The van der Waals surface area contributed by atoms with Crippen LogP contribution in [-0.2, 0) is 0 Å². The summed E-state index contributed by atoms with van der Waals surface area (Å²) in [5.41, 5.74) is 6.82. The number of rotatable bonds is 2. The van der Waals surface area contributed by atoms with E-state index in [4.69, 9.17) is 5.73 Å². The van der Waals surface area contributed by atoms with Gasteiger partial charge in [-0.1, -0.05) is 0 Å². The van der Waals surface area contributed by atoms with Gasteiger partial charge in [0.15, 0.2) is 0 Å². The molecule has 0 aliphatic heterocycles. The van der Waals surface area contributed by atoms with Gasteiger partial charge in [0.1, 0.15) is 5.82 Å². The summed E-state index contributed by atoms with van der Waals surface area (Å²) in [5.74, 6) is -0.303. The van der Waals surface area contributed by atoms with Crippen molar-refractivity contribution in [3.63, 3.8) is 0 Å². The number of thiophene rings is 1. The summed E-state index contributed by atoms with van der Waals surface area (Å²) in [6, 6.07) is 8.08. The van der Waals surface area contributed by atoms with Crippen molar-refractivity contribution in [1.82, 2.24) is 0 Å². The molecule has 0 saturated carbocycles. The molecule has 0 saturated heterocycles. The number of halogens is 2. The first-order chi connectivity index (χ1) is 7.15. The normalized spacial score (nSPS) is 10.3. The molecule has 2 aromatic rings. The highest BCUT2D eigenvalue weighted by atomic mass is 79.9. The topological polar surface area (TPSA) is 38.0 Å². The summed E-state index contributed by atoms with van der Waals surface area (Å²) < 4.78 is 14.0. The third-order valence-electron chi connectivity index (χ3n) is 1.85. The van der Waals surface area contributed by atoms with Crippen molar-refractivity contribution in [2.24, 2.45) is 0 Å². The Hall–Kier alpha value is -1.07. The van der Waals surface area contributed by atoms with Crippen LogP contribution in [0.4, 0.5) is 20.8 Å². The second-order valence-corrected chi connectivity index (χ2v) is 5.42. The third kappa shape index (κ3) is 2.49. The summed E-state index contributed by atoms with van der Waals surface area (Å²) in [4.78, 5) is 0. The van der Waals surface area contributed by atoms with E-state index in [-0.39, 0.29) is 5.82 Å². The van der Waals surface area contributed by atoms with E-state index < -0.39 is 0 Å². The van der Waals surface area contributed by atoms with Crippen LogP contribution in [0, 0.1) is 5.82 Å². The van der Waals surface area contributed by atoms with Crippen LogP contribution >= 0.6 is 27.3 Å². The fourth-order valence-electron chi connectivity index (χ4n) is 1.15. The molecule has 15 heavy (non-hydrogen) atoms. The zero-order valence-electron chi connectivity index (χ0n) is 7.63. The fourth-order valence-corrected chi connectivity index (χ4v) is 2.45. The quantitative estimate of drug-likeness (QED) is 0.820. The van der Waals surface area contributed by atoms with Gasteiger partial charge in [0, 0.05) is 0 Å². The van der Waals surface area contributed by atoms with Crippen LogP contribution < -0.4 is 11.1 Å². The lowest BCUT2D eigenvalue weighted by molar-refractivity contribution is 0.628. The summed E-state index contributed by atoms with van der Waals surface area (Å²) in [5, 5.41) is 3.97. The molecule has 0 spiro atoms. The Morgan fingerprint density at radius 2 is 2.07 bits per heavy atom. The van der Waals surface area contributed by atoms with E-state index in [0.29, 0.717) is 11.4 Å².